The third-order valence-corrected chi connectivity index (χ3v) is 11.4. The van der Waals surface area contributed by atoms with Crippen molar-refractivity contribution in [2.24, 2.45) is 29.6 Å². The van der Waals surface area contributed by atoms with Gasteiger partial charge in [-0.25, -0.2) is 0 Å². The Hall–Kier alpha value is -0.850. The third kappa shape index (κ3) is 4.65. The summed E-state index contributed by atoms with van der Waals surface area (Å²) in [7, 11) is 0. The van der Waals surface area contributed by atoms with Crippen molar-refractivity contribution in [3.63, 3.8) is 0 Å². The van der Waals surface area contributed by atoms with E-state index in [0.717, 1.165) is 12.8 Å². The lowest BCUT2D eigenvalue weighted by Gasteiger charge is -2.59. The SMILES string of the molecule is O=C([O-])C1CCC2CCC3CC4CC5CCC6CCC(C7NC(O)CC(O)N7)NC6C5NC4NC3C2N1. The number of carboxylic acids is 1. The summed E-state index contributed by atoms with van der Waals surface area (Å²) in [5, 5.41) is 54.0. The minimum absolute atomic E-state index is 0.141. The zero-order chi connectivity index (χ0) is 25.3. The minimum atomic E-state index is -0.957. The number of aliphatic hydroxyl groups excluding tert-OH is 2. The van der Waals surface area contributed by atoms with E-state index in [9.17, 15) is 20.1 Å². The second kappa shape index (κ2) is 9.96. The fourth-order valence-corrected chi connectivity index (χ4v) is 9.68. The van der Waals surface area contributed by atoms with Crippen LogP contribution in [0.25, 0.3) is 0 Å². The molecule has 5 aliphatic heterocycles. The van der Waals surface area contributed by atoms with Crippen molar-refractivity contribution in [3.05, 3.63) is 0 Å². The number of fused-ring (bicyclic) bond motifs is 7. The molecule has 2 aliphatic carbocycles. The molecule has 0 aromatic rings. The number of rotatable bonds is 2. The first-order chi connectivity index (χ1) is 17.9. The molecule has 37 heavy (non-hydrogen) atoms. The maximum Gasteiger partial charge on any atom is 0.109 e. The van der Waals surface area contributed by atoms with Crippen molar-refractivity contribution < 1.29 is 20.1 Å². The second-order valence-corrected chi connectivity index (χ2v) is 13.4. The van der Waals surface area contributed by atoms with Crippen LogP contribution in [0.5, 0.6) is 0 Å². The highest BCUT2D eigenvalue weighted by Gasteiger charge is 2.53. The molecule has 14 atom stereocenters. The maximum atomic E-state index is 11.6. The molecule has 0 bridgehead atoms. The molecule has 0 aromatic carbocycles. The quantitative estimate of drug-likeness (QED) is 0.211. The van der Waals surface area contributed by atoms with E-state index in [1.54, 1.807) is 0 Å². The second-order valence-electron chi connectivity index (χ2n) is 13.4. The molecule has 8 N–H and O–H groups in total. The molecular weight excluding hydrogens is 472 g/mol. The van der Waals surface area contributed by atoms with Gasteiger partial charge in [0.25, 0.3) is 0 Å². The lowest BCUT2D eigenvalue weighted by molar-refractivity contribution is -0.309. The van der Waals surface area contributed by atoms with E-state index in [1.807, 2.05) is 0 Å². The van der Waals surface area contributed by atoms with Gasteiger partial charge in [-0.3, -0.25) is 21.3 Å². The van der Waals surface area contributed by atoms with Crippen molar-refractivity contribution in [2.45, 2.75) is 132 Å². The zero-order valence-electron chi connectivity index (χ0n) is 21.6. The predicted octanol–water partition coefficient (Wildman–Crippen LogP) is -1.76. The molecule has 208 valence electrons. The van der Waals surface area contributed by atoms with Crippen LogP contribution in [-0.2, 0) is 4.79 Å². The number of nitrogens with one attached hydrogen (secondary N) is 6. The van der Waals surface area contributed by atoms with Crippen molar-refractivity contribution >= 4 is 5.97 Å². The molecule has 5 saturated heterocycles. The van der Waals surface area contributed by atoms with Gasteiger partial charge in [-0.15, -0.1) is 0 Å². The van der Waals surface area contributed by atoms with Crippen LogP contribution in [0.1, 0.15) is 70.6 Å². The summed E-state index contributed by atoms with van der Waals surface area (Å²) in [6, 6.07) is 0.960. The van der Waals surface area contributed by atoms with Crippen LogP contribution in [0.2, 0.25) is 0 Å². The van der Waals surface area contributed by atoms with E-state index in [0.29, 0.717) is 60.6 Å². The van der Waals surface area contributed by atoms with Crippen LogP contribution in [0.3, 0.4) is 0 Å². The number of piperidine rings is 4. The molecule has 7 aliphatic rings. The lowest BCUT2D eigenvalue weighted by atomic mass is 9.61. The van der Waals surface area contributed by atoms with Crippen molar-refractivity contribution in [2.75, 3.05) is 0 Å². The van der Waals surface area contributed by atoms with Gasteiger partial charge < -0.3 is 30.7 Å². The third-order valence-electron chi connectivity index (χ3n) is 11.4. The maximum absolute atomic E-state index is 11.6. The lowest BCUT2D eigenvalue weighted by Crippen LogP contribution is -2.76. The molecule has 0 spiro atoms. The van der Waals surface area contributed by atoms with Crippen LogP contribution in [0, 0.1) is 29.6 Å². The van der Waals surface area contributed by atoms with Crippen LogP contribution in [-0.4, -0.2) is 77.2 Å². The first-order valence-electron chi connectivity index (χ1n) is 15.1. The monoisotopic (exact) mass is 517 g/mol. The van der Waals surface area contributed by atoms with Gasteiger partial charge in [-0.1, -0.05) is 0 Å². The fourth-order valence-electron chi connectivity index (χ4n) is 9.68. The molecule has 14 unspecified atom stereocenters. The van der Waals surface area contributed by atoms with Gasteiger partial charge in [0.05, 0.1) is 18.3 Å². The van der Waals surface area contributed by atoms with E-state index in [4.69, 9.17) is 0 Å². The van der Waals surface area contributed by atoms with E-state index in [2.05, 4.69) is 31.9 Å². The Morgan fingerprint density at radius 3 is 1.68 bits per heavy atom. The Labute approximate surface area is 219 Å². The van der Waals surface area contributed by atoms with Crippen molar-refractivity contribution in [3.8, 4) is 0 Å². The standard InChI is InChI=1S/C27H46N6O4/c34-19-11-20(35)31-26(30-19)17-7-5-12-1-3-14-9-16-10-15-4-2-13-6-8-18(27(36)37)29-22(13)24(15)33-25(16)32-23(14)21(12)28-17/h12-26,28-35H,1-11H2,(H,36,37)/p-1. The summed E-state index contributed by atoms with van der Waals surface area (Å²) < 4.78 is 0. The number of aliphatic carboxylic acids is 1. The smallest absolute Gasteiger partial charge is 0.109 e. The molecule has 0 radical (unpaired) electrons. The highest BCUT2D eigenvalue weighted by atomic mass is 16.4. The van der Waals surface area contributed by atoms with Gasteiger partial charge >= 0.3 is 0 Å². The largest absolute Gasteiger partial charge is 0.548 e. The zero-order valence-corrected chi connectivity index (χ0v) is 21.6. The van der Waals surface area contributed by atoms with Crippen LogP contribution in [0.4, 0.5) is 0 Å². The summed E-state index contributed by atoms with van der Waals surface area (Å²) in [5.74, 6) is 2.16. The van der Waals surface area contributed by atoms with Crippen LogP contribution in [0.15, 0.2) is 0 Å². The summed E-state index contributed by atoms with van der Waals surface area (Å²) >= 11 is 0. The molecule has 0 aromatic heterocycles. The summed E-state index contributed by atoms with van der Waals surface area (Å²) in [4.78, 5) is 11.6. The summed E-state index contributed by atoms with van der Waals surface area (Å²) in [5.41, 5.74) is 0. The molecule has 7 fully saturated rings. The van der Waals surface area contributed by atoms with Crippen LogP contribution < -0.4 is 37.0 Å². The Morgan fingerprint density at radius 1 is 0.541 bits per heavy atom. The average Bonchev–Trinajstić information content (AvgIpc) is 2.89. The number of carboxylic acid groups (broad SMARTS) is 1. The highest BCUT2D eigenvalue weighted by molar-refractivity contribution is 5.71. The highest BCUT2D eigenvalue weighted by Crippen LogP contribution is 2.47. The number of carbonyl (C=O) groups is 1. The normalized spacial score (nSPS) is 55.6. The van der Waals surface area contributed by atoms with Gasteiger partial charge in [0.1, 0.15) is 12.5 Å². The number of hydrogen-bond acceptors (Lipinski definition) is 10. The Bertz CT molecular complexity index is 855. The van der Waals surface area contributed by atoms with Crippen molar-refractivity contribution in [1.29, 1.82) is 0 Å². The molecule has 10 nitrogen and oxygen atoms in total. The topological polar surface area (TPSA) is 153 Å². The Morgan fingerprint density at radius 2 is 1.05 bits per heavy atom. The van der Waals surface area contributed by atoms with Crippen LogP contribution >= 0.6 is 0 Å². The van der Waals surface area contributed by atoms with E-state index in [-0.39, 0.29) is 24.4 Å². The van der Waals surface area contributed by atoms with E-state index >= 15 is 0 Å². The first kappa shape index (κ1) is 25.1. The molecule has 5 heterocycles. The van der Waals surface area contributed by atoms with Gasteiger partial charge in [0.2, 0.25) is 0 Å². The van der Waals surface area contributed by atoms with Gasteiger partial charge in [-0.05, 0) is 93.8 Å². The van der Waals surface area contributed by atoms with Gasteiger partial charge in [0.15, 0.2) is 0 Å². The minimum Gasteiger partial charge on any atom is -0.548 e. The molecule has 2 saturated carbocycles. The van der Waals surface area contributed by atoms with E-state index in [1.165, 1.54) is 44.9 Å². The van der Waals surface area contributed by atoms with Gasteiger partial charge in [0, 0.05) is 42.7 Å². The van der Waals surface area contributed by atoms with Gasteiger partial charge in [-0.2, -0.15) is 0 Å². The Kier molecular flexibility index (Phi) is 6.77. The number of hydrogen-bond donors (Lipinski definition) is 8. The molecule has 7 rings (SSSR count). The molecule has 0 amide bonds. The van der Waals surface area contributed by atoms with E-state index < -0.39 is 24.5 Å². The summed E-state index contributed by atoms with van der Waals surface area (Å²) in [6.45, 7) is 0. The predicted molar refractivity (Wildman–Crippen MR) is 134 cm³/mol. The number of carbonyl (C=O) groups excluding carboxylic acids is 1. The number of aliphatic hydroxyl groups is 2. The molecular formula is C27H45N6O4-. The first-order valence-corrected chi connectivity index (χ1v) is 15.1. The average molecular weight is 518 g/mol. The summed E-state index contributed by atoms with van der Waals surface area (Å²) in [6.07, 6.45) is 10.4. The fraction of sp³-hybridized carbons (Fsp3) is 0.963. The Balaban J connectivity index is 1.05. The van der Waals surface area contributed by atoms with Crippen molar-refractivity contribution in [1.82, 2.24) is 31.9 Å². The molecule has 10 heteroatoms.